The molecule has 1 N–H and O–H groups in total. The van der Waals surface area contributed by atoms with E-state index in [0.717, 1.165) is 74.9 Å². The quantitative estimate of drug-likeness (QED) is 0.879. The van der Waals surface area contributed by atoms with E-state index in [1.807, 2.05) is 31.2 Å². The van der Waals surface area contributed by atoms with E-state index in [1.54, 1.807) is 0 Å². The molecule has 3 heterocycles. The van der Waals surface area contributed by atoms with E-state index in [0.29, 0.717) is 5.92 Å². The van der Waals surface area contributed by atoms with Gasteiger partial charge >= 0.3 is 0 Å². The van der Waals surface area contributed by atoms with Crippen molar-refractivity contribution in [3.63, 3.8) is 0 Å². The van der Waals surface area contributed by atoms with Crippen molar-refractivity contribution in [3.05, 3.63) is 47.9 Å². The van der Waals surface area contributed by atoms with Gasteiger partial charge in [-0.15, -0.1) is 0 Å². The lowest BCUT2D eigenvalue weighted by molar-refractivity contribution is -0.131. The number of piperidine rings is 1. The lowest BCUT2D eigenvalue weighted by atomic mass is 9.70. The molecule has 150 valence electrons. The molecule has 2 fully saturated rings. The number of hydrogen-bond acceptors (Lipinski definition) is 5. The Balaban J connectivity index is 1.45. The molecule has 0 bridgehead atoms. The Morgan fingerprint density at radius 1 is 1.18 bits per heavy atom. The van der Waals surface area contributed by atoms with Gasteiger partial charge in [0.2, 0.25) is 0 Å². The maximum Gasteiger partial charge on any atom is 0.143 e. The Morgan fingerprint density at radius 3 is 2.64 bits per heavy atom. The zero-order valence-electron chi connectivity index (χ0n) is 17.0. The van der Waals surface area contributed by atoms with Gasteiger partial charge in [0, 0.05) is 37.6 Å². The number of aromatic nitrogens is 2. The zero-order chi connectivity index (χ0) is 19.6. The molecule has 2 aromatic rings. The van der Waals surface area contributed by atoms with Crippen LogP contribution in [0.4, 0.5) is 0 Å². The molecule has 28 heavy (non-hydrogen) atoms. The van der Waals surface area contributed by atoms with Crippen LogP contribution in [0.15, 0.2) is 36.4 Å². The molecule has 0 saturated carbocycles. The van der Waals surface area contributed by atoms with Crippen LogP contribution in [0.25, 0.3) is 11.3 Å². The predicted molar refractivity (Wildman–Crippen MR) is 110 cm³/mol. The van der Waals surface area contributed by atoms with E-state index in [9.17, 15) is 5.11 Å². The van der Waals surface area contributed by atoms with Crippen LogP contribution in [0, 0.1) is 18.8 Å². The summed E-state index contributed by atoms with van der Waals surface area (Å²) in [5, 5.41) is 11.4. The number of hydrogen-bond donors (Lipinski definition) is 1. The molecule has 5 heteroatoms. The highest BCUT2D eigenvalue weighted by Gasteiger charge is 2.45. The highest BCUT2D eigenvalue weighted by atomic mass is 16.5. The Morgan fingerprint density at radius 2 is 1.93 bits per heavy atom. The van der Waals surface area contributed by atoms with Crippen LogP contribution in [-0.2, 0) is 11.3 Å². The first-order valence-electron chi connectivity index (χ1n) is 10.5. The van der Waals surface area contributed by atoms with Crippen LogP contribution in [0.5, 0.6) is 0 Å². The van der Waals surface area contributed by atoms with Crippen LogP contribution in [0.2, 0.25) is 0 Å². The number of likely N-dealkylation sites (tertiary alicyclic amines) is 1. The highest BCUT2D eigenvalue weighted by molar-refractivity contribution is 5.58. The number of aliphatic hydroxyl groups is 1. The lowest BCUT2D eigenvalue weighted by Gasteiger charge is -2.48. The van der Waals surface area contributed by atoms with Crippen LogP contribution >= 0.6 is 0 Å². The Bertz CT molecular complexity index is 792. The van der Waals surface area contributed by atoms with E-state index in [-0.39, 0.29) is 5.92 Å². The Kier molecular flexibility index (Phi) is 5.76. The molecule has 2 atom stereocenters. The summed E-state index contributed by atoms with van der Waals surface area (Å²) in [7, 11) is 0. The molecule has 1 aromatic heterocycles. The molecule has 0 spiro atoms. The van der Waals surface area contributed by atoms with Crippen LogP contribution < -0.4 is 0 Å². The molecule has 0 unspecified atom stereocenters. The van der Waals surface area contributed by atoms with Gasteiger partial charge in [0.05, 0.1) is 17.8 Å². The summed E-state index contributed by atoms with van der Waals surface area (Å²) in [6, 6.07) is 12.3. The monoisotopic (exact) mass is 381 g/mol. The number of nitrogens with zero attached hydrogens (tertiary/aromatic N) is 3. The normalized spacial score (nSPS) is 27.0. The second-order valence-corrected chi connectivity index (χ2v) is 8.44. The van der Waals surface area contributed by atoms with Crippen molar-refractivity contribution >= 4 is 0 Å². The maximum atomic E-state index is 11.4. The molecular weight excluding hydrogens is 350 g/mol. The first kappa shape index (κ1) is 19.5. The first-order chi connectivity index (χ1) is 13.5. The summed E-state index contributed by atoms with van der Waals surface area (Å²) in [6.45, 7) is 8.28. The first-order valence-corrected chi connectivity index (χ1v) is 10.5. The van der Waals surface area contributed by atoms with Gasteiger partial charge in [-0.3, -0.25) is 4.90 Å². The summed E-state index contributed by atoms with van der Waals surface area (Å²) in [5.74, 6) is 1.46. The van der Waals surface area contributed by atoms with Gasteiger partial charge in [-0.2, -0.15) is 0 Å². The summed E-state index contributed by atoms with van der Waals surface area (Å²) >= 11 is 0. The minimum Gasteiger partial charge on any atom is -0.389 e. The van der Waals surface area contributed by atoms with E-state index in [2.05, 4.69) is 28.9 Å². The Labute approximate surface area is 167 Å². The van der Waals surface area contributed by atoms with E-state index in [1.165, 1.54) is 0 Å². The third-order valence-corrected chi connectivity index (χ3v) is 6.48. The summed E-state index contributed by atoms with van der Waals surface area (Å²) < 4.78 is 5.49. The zero-order valence-corrected chi connectivity index (χ0v) is 17.0. The molecule has 5 nitrogen and oxygen atoms in total. The van der Waals surface area contributed by atoms with Gasteiger partial charge in [0.25, 0.3) is 0 Å². The van der Waals surface area contributed by atoms with E-state index < -0.39 is 5.60 Å². The Hall–Kier alpha value is -1.82. The topological polar surface area (TPSA) is 58.5 Å². The number of ether oxygens (including phenoxy) is 1. The van der Waals surface area contributed by atoms with Crippen molar-refractivity contribution in [2.45, 2.75) is 45.3 Å². The lowest BCUT2D eigenvalue weighted by Crippen LogP contribution is -2.55. The third-order valence-electron chi connectivity index (χ3n) is 6.48. The molecule has 0 amide bonds. The fourth-order valence-corrected chi connectivity index (χ4v) is 4.83. The fraction of sp³-hybridized carbons (Fsp3) is 0.565. The molecule has 2 saturated heterocycles. The van der Waals surface area contributed by atoms with Gasteiger partial charge in [-0.05, 0) is 44.1 Å². The van der Waals surface area contributed by atoms with Crippen molar-refractivity contribution < 1.29 is 9.84 Å². The smallest absolute Gasteiger partial charge is 0.143 e. The summed E-state index contributed by atoms with van der Waals surface area (Å²) in [5.41, 5.74) is 2.53. The number of aryl methyl sites for hydroxylation is 1. The molecule has 0 aliphatic carbocycles. The van der Waals surface area contributed by atoms with Crippen molar-refractivity contribution in [1.29, 1.82) is 0 Å². The number of benzene rings is 1. The molecule has 0 radical (unpaired) electrons. The number of rotatable bonds is 4. The van der Waals surface area contributed by atoms with Gasteiger partial charge in [0.15, 0.2) is 0 Å². The van der Waals surface area contributed by atoms with Crippen molar-refractivity contribution in [1.82, 2.24) is 14.9 Å². The average Bonchev–Trinajstić information content (AvgIpc) is 2.72. The summed E-state index contributed by atoms with van der Waals surface area (Å²) in [4.78, 5) is 11.9. The maximum absolute atomic E-state index is 11.4. The standard InChI is InChI=1S/C23H31N3O2/c1-17-15-26(11-10-23(17,27)20-8-12-28-13-9-20)16-22-24-18(2)14-21(25-22)19-6-4-3-5-7-19/h3-7,14,17,20,27H,8-13,15-16H2,1-2H3/t17-,23+/m1/s1. The summed E-state index contributed by atoms with van der Waals surface area (Å²) in [6.07, 6.45) is 2.76. The molecule has 4 rings (SSSR count). The minimum atomic E-state index is -0.567. The largest absolute Gasteiger partial charge is 0.389 e. The van der Waals surface area contributed by atoms with Gasteiger partial charge in [-0.1, -0.05) is 37.3 Å². The molecule has 2 aliphatic rings. The fourth-order valence-electron chi connectivity index (χ4n) is 4.83. The predicted octanol–water partition coefficient (Wildman–Crippen LogP) is 3.45. The van der Waals surface area contributed by atoms with Gasteiger partial charge in [0.1, 0.15) is 5.82 Å². The third kappa shape index (κ3) is 4.12. The van der Waals surface area contributed by atoms with Crippen LogP contribution in [0.3, 0.4) is 0 Å². The van der Waals surface area contributed by atoms with Gasteiger partial charge < -0.3 is 9.84 Å². The van der Waals surface area contributed by atoms with E-state index >= 15 is 0 Å². The van der Waals surface area contributed by atoms with Crippen molar-refractivity contribution in [2.75, 3.05) is 26.3 Å². The van der Waals surface area contributed by atoms with E-state index in [4.69, 9.17) is 9.72 Å². The van der Waals surface area contributed by atoms with Crippen molar-refractivity contribution in [3.8, 4) is 11.3 Å². The minimum absolute atomic E-state index is 0.239. The van der Waals surface area contributed by atoms with Gasteiger partial charge in [-0.25, -0.2) is 9.97 Å². The second-order valence-electron chi connectivity index (χ2n) is 8.44. The molecule has 2 aliphatic heterocycles. The molecular formula is C23H31N3O2. The second kappa shape index (κ2) is 8.27. The highest BCUT2D eigenvalue weighted by Crippen LogP contribution is 2.39. The average molecular weight is 382 g/mol. The molecule has 1 aromatic carbocycles. The van der Waals surface area contributed by atoms with Crippen LogP contribution in [0.1, 0.15) is 37.7 Å². The SMILES string of the molecule is Cc1cc(-c2ccccc2)nc(CN2CC[C@@](O)(C3CCOCC3)[C@H](C)C2)n1. The van der Waals surface area contributed by atoms with Crippen molar-refractivity contribution in [2.24, 2.45) is 11.8 Å². The van der Waals surface area contributed by atoms with Crippen LogP contribution in [-0.4, -0.2) is 51.9 Å².